The summed E-state index contributed by atoms with van der Waals surface area (Å²) in [5, 5.41) is 0. The second-order valence-corrected chi connectivity index (χ2v) is 4.86. The maximum absolute atomic E-state index is 6.14. The van der Waals surface area contributed by atoms with Gasteiger partial charge in [-0.25, -0.2) is 4.98 Å². The molecule has 1 atom stereocenters. The molecule has 0 spiro atoms. The molecule has 2 heterocycles. The van der Waals surface area contributed by atoms with E-state index in [-0.39, 0.29) is 6.04 Å². The number of rotatable bonds is 5. The topological polar surface area (TPSA) is 76.8 Å². The molecule has 2 aromatic rings. The van der Waals surface area contributed by atoms with Crippen LogP contribution in [0.15, 0.2) is 12.1 Å². The number of aromatic nitrogens is 3. The van der Waals surface area contributed by atoms with Gasteiger partial charge >= 0.3 is 0 Å². The molecule has 2 aromatic heterocycles. The minimum Gasteiger partial charge on any atom is -0.478 e. The van der Waals surface area contributed by atoms with Crippen LogP contribution in [-0.4, -0.2) is 21.6 Å². The molecule has 1 saturated carbocycles. The fourth-order valence-electron chi connectivity index (χ4n) is 2.12. The molecule has 3 N–H and O–H groups in total. The van der Waals surface area contributed by atoms with E-state index in [9.17, 15) is 0 Å². The van der Waals surface area contributed by atoms with Crippen molar-refractivity contribution >= 4 is 11.2 Å². The van der Waals surface area contributed by atoms with Crippen LogP contribution in [-0.2, 0) is 0 Å². The average molecular weight is 246 g/mol. The van der Waals surface area contributed by atoms with Crippen LogP contribution in [0.3, 0.4) is 0 Å². The lowest BCUT2D eigenvalue weighted by Crippen LogP contribution is -2.12. The van der Waals surface area contributed by atoms with Gasteiger partial charge in [0.2, 0.25) is 5.88 Å². The number of nitrogens with two attached hydrogens (primary N) is 1. The molecule has 0 amide bonds. The zero-order chi connectivity index (χ0) is 12.5. The van der Waals surface area contributed by atoms with Gasteiger partial charge in [0, 0.05) is 6.07 Å². The van der Waals surface area contributed by atoms with Crippen molar-refractivity contribution < 1.29 is 4.74 Å². The maximum atomic E-state index is 6.14. The highest BCUT2D eigenvalue weighted by atomic mass is 16.5. The molecule has 3 rings (SSSR count). The number of nitrogens with zero attached hydrogens (tertiary/aromatic N) is 2. The van der Waals surface area contributed by atoms with Crippen LogP contribution in [0.5, 0.6) is 5.88 Å². The van der Waals surface area contributed by atoms with E-state index in [0.717, 1.165) is 23.7 Å². The maximum Gasteiger partial charge on any atom is 0.215 e. The Hall–Kier alpha value is -1.62. The number of aromatic amines is 1. The van der Waals surface area contributed by atoms with Gasteiger partial charge in [-0.2, -0.15) is 4.98 Å². The number of nitrogens with one attached hydrogen (secondary N) is 1. The predicted octanol–water partition coefficient (Wildman–Crippen LogP) is 2.16. The van der Waals surface area contributed by atoms with Crippen LogP contribution in [0.4, 0.5) is 0 Å². The summed E-state index contributed by atoms with van der Waals surface area (Å²) in [6.45, 7) is 2.55. The van der Waals surface area contributed by atoms with Crippen molar-refractivity contribution in [1.82, 2.24) is 15.0 Å². The molecular weight excluding hydrogens is 228 g/mol. The molecule has 5 heteroatoms. The van der Waals surface area contributed by atoms with Gasteiger partial charge in [0.1, 0.15) is 5.82 Å². The molecule has 1 unspecified atom stereocenters. The fourth-order valence-corrected chi connectivity index (χ4v) is 2.12. The lowest BCUT2D eigenvalue weighted by atomic mass is 10.1. The van der Waals surface area contributed by atoms with Gasteiger partial charge in [0.15, 0.2) is 5.65 Å². The predicted molar refractivity (Wildman–Crippen MR) is 69.3 cm³/mol. The van der Waals surface area contributed by atoms with E-state index < -0.39 is 0 Å². The Labute approximate surface area is 106 Å². The number of imidazole rings is 1. The SMILES string of the molecule is CCOc1ccc2[nH]c(C(N)CC3CC3)nc2n1. The van der Waals surface area contributed by atoms with Gasteiger partial charge < -0.3 is 15.5 Å². The second kappa shape index (κ2) is 4.57. The second-order valence-electron chi connectivity index (χ2n) is 4.86. The van der Waals surface area contributed by atoms with E-state index in [0.29, 0.717) is 18.1 Å². The molecule has 0 bridgehead atoms. The number of fused-ring (bicyclic) bond motifs is 1. The standard InChI is InChI=1S/C13H18N4O/c1-2-18-11-6-5-10-13(16-11)17-12(15-10)9(14)7-8-3-4-8/h5-6,8-9H,2-4,7,14H2,1H3,(H,15,16,17). The normalized spacial score (nSPS) is 17.0. The Morgan fingerprint density at radius 3 is 3.00 bits per heavy atom. The van der Waals surface area contributed by atoms with E-state index in [1.165, 1.54) is 12.8 Å². The summed E-state index contributed by atoms with van der Waals surface area (Å²) in [5.74, 6) is 2.23. The first-order valence-corrected chi connectivity index (χ1v) is 6.51. The number of hydrogen-bond donors (Lipinski definition) is 2. The van der Waals surface area contributed by atoms with Gasteiger partial charge in [-0.3, -0.25) is 0 Å². The minimum atomic E-state index is -0.0118. The van der Waals surface area contributed by atoms with Crippen molar-refractivity contribution in [2.45, 2.75) is 32.2 Å². The Morgan fingerprint density at radius 1 is 1.44 bits per heavy atom. The van der Waals surface area contributed by atoms with Gasteiger partial charge in [0.25, 0.3) is 0 Å². The van der Waals surface area contributed by atoms with Crippen LogP contribution < -0.4 is 10.5 Å². The highest BCUT2D eigenvalue weighted by molar-refractivity contribution is 5.71. The first-order chi connectivity index (χ1) is 8.76. The van der Waals surface area contributed by atoms with Crippen molar-refractivity contribution in [2.75, 3.05) is 6.61 Å². The summed E-state index contributed by atoms with van der Waals surface area (Å²) in [6, 6.07) is 3.77. The molecule has 0 aromatic carbocycles. The smallest absolute Gasteiger partial charge is 0.215 e. The van der Waals surface area contributed by atoms with E-state index >= 15 is 0 Å². The molecule has 0 aliphatic heterocycles. The summed E-state index contributed by atoms with van der Waals surface area (Å²) >= 11 is 0. The van der Waals surface area contributed by atoms with Crippen LogP contribution >= 0.6 is 0 Å². The zero-order valence-corrected chi connectivity index (χ0v) is 10.5. The Morgan fingerprint density at radius 2 is 2.28 bits per heavy atom. The van der Waals surface area contributed by atoms with Crippen LogP contribution in [0, 0.1) is 5.92 Å². The Kier molecular flexibility index (Phi) is 2.91. The molecule has 0 radical (unpaired) electrons. The first kappa shape index (κ1) is 11.5. The third-order valence-electron chi connectivity index (χ3n) is 3.27. The quantitative estimate of drug-likeness (QED) is 0.847. The highest BCUT2D eigenvalue weighted by Gasteiger charge is 2.25. The number of ether oxygens (including phenoxy) is 1. The average Bonchev–Trinajstić information content (AvgIpc) is 3.06. The van der Waals surface area contributed by atoms with Crippen molar-refractivity contribution in [3.05, 3.63) is 18.0 Å². The Balaban J connectivity index is 1.84. The fraction of sp³-hybridized carbons (Fsp3) is 0.538. The van der Waals surface area contributed by atoms with E-state index in [4.69, 9.17) is 10.5 Å². The van der Waals surface area contributed by atoms with Crippen LogP contribution in [0.25, 0.3) is 11.2 Å². The minimum absolute atomic E-state index is 0.0118. The summed E-state index contributed by atoms with van der Waals surface area (Å²) in [7, 11) is 0. The highest BCUT2D eigenvalue weighted by Crippen LogP contribution is 2.36. The monoisotopic (exact) mass is 246 g/mol. The summed E-state index contributed by atoms with van der Waals surface area (Å²) in [4.78, 5) is 12.1. The lowest BCUT2D eigenvalue weighted by Gasteiger charge is -2.05. The van der Waals surface area contributed by atoms with Gasteiger partial charge in [-0.1, -0.05) is 12.8 Å². The Bertz CT molecular complexity index is 547. The van der Waals surface area contributed by atoms with E-state index in [1.807, 2.05) is 19.1 Å². The van der Waals surface area contributed by atoms with Crippen molar-refractivity contribution in [3.8, 4) is 5.88 Å². The molecule has 5 nitrogen and oxygen atoms in total. The van der Waals surface area contributed by atoms with Gasteiger partial charge in [-0.05, 0) is 25.3 Å². The van der Waals surface area contributed by atoms with Crippen LogP contribution in [0.2, 0.25) is 0 Å². The van der Waals surface area contributed by atoms with Crippen molar-refractivity contribution in [2.24, 2.45) is 11.7 Å². The summed E-state index contributed by atoms with van der Waals surface area (Å²) in [6.07, 6.45) is 3.62. The first-order valence-electron chi connectivity index (χ1n) is 6.51. The van der Waals surface area contributed by atoms with Gasteiger partial charge in [0.05, 0.1) is 18.2 Å². The lowest BCUT2D eigenvalue weighted by molar-refractivity contribution is 0.328. The molecule has 1 fully saturated rings. The van der Waals surface area contributed by atoms with E-state index in [2.05, 4.69) is 15.0 Å². The largest absolute Gasteiger partial charge is 0.478 e. The summed E-state index contributed by atoms with van der Waals surface area (Å²) < 4.78 is 5.36. The zero-order valence-electron chi connectivity index (χ0n) is 10.5. The molecule has 96 valence electrons. The third-order valence-corrected chi connectivity index (χ3v) is 3.27. The molecule has 18 heavy (non-hydrogen) atoms. The number of hydrogen-bond acceptors (Lipinski definition) is 4. The third kappa shape index (κ3) is 2.31. The van der Waals surface area contributed by atoms with Crippen molar-refractivity contribution in [3.63, 3.8) is 0 Å². The summed E-state index contributed by atoms with van der Waals surface area (Å²) in [5.41, 5.74) is 7.74. The molecular formula is C13H18N4O. The van der Waals surface area contributed by atoms with Gasteiger partial charge in [-0.15, -0.1) is 0 Å². The van der Waals surface area contributed by atoms with E-state index in [1.54, 1.807) is 0 Å². The molecule has 0 saturated heterocycles. The molecule has 1 aliphatic carbocycles. The number of pyridine rings is 1. The van der Waals surface area contributed by atoms with Crippen LogP contribution in [0.1, 0.15) is 38.1 Å². The number of H-pyrrole nitrogens is 1. The molecule has 1 aliphatic rings. The van der Waals surface area contributed by atoms with Crippen molar-refractivity contribution in [1.29, 1.82) is 0 Å².